The van der Waals surface area contributed by atoms with Crippen LogP contribution in [0.1, 0.15) is 17.3 Å². The molecule has 34 heavy (non-hydrogen) atoms. The first-order valence-electron chi connectivity index (χ1n) is 10.6. The van der Waals surface area contributed by atoms with E-state index < -0.39 is 15.9 Å². The Balaban J connectivity index is 1.42. The first-order chi connectivity index (χ1) is 16.4. The molecule has 2 heterocycles. The van der Waals surface area contributed by atoms with Crippen LogP contribution in [0.25, 0.3) is 10.2 Å². The van der Waals surface area contributed by atoms with Crippen molar-refractivity contribution in [3.8, 4) is 11.5 Å². The third-order valence-electron chi connectivity index (χ3n) is 5.30. The number of fused-ring (bicyclic) bond motifs is 2. The monoisotopic (exact) mass is 495 g/mol. The fourth-order valence-corrected chi connectivity index (χ4v) is 5.83. The van der Waals surface area contributed by atoms with Gasteiger partial charge in [0.1, 0.15) is 13.2 Å². The van der Waals surface area contributed by atoms with Crippen molar-refractivity contribution in [2.45, 2.75) is 18.4 Å². The SMILES string of the molecule is CCn1c(=NC(=O)c2ccc(NS(=O)(=O)c3ccccc3)cc2)sc2cc3c(cc21)OCCO3. The fourth-order valence-electron chi connectivity index (χ4n) is 3.64. The summed E-state index contributed by atoms with van der Waals surface area (Å²) >= 11 is 1.40. The number of benzene rings is 3. The Bertz CT molecular complexity index is 1540. The maximum Gasteiger partial charge on any atom is 0.279 e. The zero-order chi connectivity index (χ0) is 23.7. The molecule has 0 saturated heterocycles. The first-order valence-corrected chi connectivity index (χ1v) is 12.9. The van der Waals surface area contributed by atoms with Crippen LogP contribution in [-0.2, 0) is 16.6 Å². The number of nitrogens with zero attached hydrogens (tertiary/aromatic N) is 2. The Morgan fingerprint density at radius 3 is 2.38 bits per heavy atom. The van der Waals surface area contributed by atoms with E-state index in [0.717, 1.165) is 10.2 Å². The van der Waals surface area contributed by atoms with Gasteiger partial charge < -0.3 is 14.0 Å². The standard InChI is InChI=1S/C24H21N3O5S2/c1-2-27-19-14-20-21(32-13-12-31-20)15-22(19)33-24(27)25-23(28)16-8-10-17(11-9-16)26-34(29,30)18-6-4-3-5-7-18/h3-11,14-15,26H,2,12-13H2,1H3. The van der Waals surface area contributed by atoms with Crippen LogP contribution < -0.4 is 19.0 Å². The number of sulfonamides is 1. The molecule has 0 fully saturated rings. The van der Waals surface area contributed by atoms with Gasteiger partial charge in [-0.1, -0.05) is 29.5 Å². The molecule has 1 N–H and O–H groups in total. The van der Waals surface area contributed by atoms with Crippen molar-refractivity contribution in [2.24, 2.45) is 4.99 Å². The largest absolute Gasteiger partial charge is 0.486 e. The molecule has 1 amide bonds. The summed E-state index contributed by atoms with van der Waals surface area (Å²) in [5.41, 5.74) is 1.64. The van der Waals surface area contributed by atoms with Gasteiger partial charge in [0.15, 0.2) is 16.3 Å². The number of carbonyl (C=O) groups is 1. The summed E-state index contributed by atoms with van der Waals surface area (Å²) in [4.78, 5) is 17.9. The summed E-state index contributed by atoms with van der Waals surface area (Å²) in [5, 5.41) is 0. The number of hydrogen-bond acceptors (Lipinski definition) is 6. The molecule has 0 aliphatic carbocycles. The number of rotatable bonds is 5. The van der Waals surface area contributed by atoms with Gasteiger partial charge in [0.05, 0.1) is 15.1 Å². The summed E-state index contributed by atoms with van der Waals surface area (Å²) in [5.74, 6) is 0.961. The molecule has 0 unspecified atom stereocenters. The number of nitrogens with one attached hydrogen (secondary N) is 1. The molecule has 3 aromatic carbocycles. The Morgan fingerprint density at radius 1 is 1.03 bits per heavy atom. The average molecular weight is 496 g/mol. The van der Waals surface area contributed by atoms with Crippen LogP contribution in [0.15, 0.2) is 76.6 Å². The van der Waals surface area contributed by atoms with Crippen molar-refractivity contribution < 1.29 is 22.7 Å². The van der Waals surface area contributed by atoms with Gasteiger partial charge in [0, 0.05) is 29.9 Å². The summed E-state index contributed by atoms with van der Waals surface area (Å²) in [7, 11) is -3.71. The summed E-state index contributed by atoms with van der Waals surface area (Å²) in [6.45, 7) is 3.62. The lowest BCUT2D eigenvalue weighted by Crippen LogP contribution is -2.17. The molecule has 1 aliphatic rings. The van der Waals surface area contributed by atoms with E-state index in [9.17, 15) is 13.2 Å². The number of ether oxygens (including phenoxy) is 2. The van der Waals surface area contributed by atoms with E-state index in [2.05, 4.69) is 9.71 Å². The molecular formula is C24H21N3O5S2. The lowest BCUT2D eigenvalue weighted by Gasteiger charge is -2.18. The minimum absolute atomic E-state index is 0.163. The Labute approximate surface area is 200 Å². The molecule has 0 atom stereocenters. The second-order valence-electron chi connectivity index (χ2n) is 7.51. The highest BCUT2D eigenvalue weighted by Gasteiger charge is 2.17. The maximum atomic E-state index is 12.9. The third kappa shape index (κ3) is 4.29. The van der Waals surface area contributed by atoms with E-state index in [1.54, 1.807) is 42.5 Å². The van der Waals surface area contributed by atoms with Crippen LogP contribution in [0.5, 0.6) is 11.5 Å². The number of aromatic nitrogens is 1. The van der Waals surface area contributed by atoms with Gasteiger partial charge >= 0.3 is 0 Å². The van der Waals surface area contributed by atoms with E-state index in [-0.39, 0.29) is 4.90 Å². The van der Waals surface area contributed by atoms with Crippen LogP contribution in [-0.4, -0.2) is 32.1 Å². The van der Waals surface area contributed by atoms with Gasteiger partial charge in [-0.3, -0.25) is 9.52 Å². The van der Waals surface area contributed by atoms with E-state index >= 15 is 0 Å². The van der Waals surface area contributed by atoms with E-state index in [1.165, 1.54) is 23.5 Å². The number of amides is 1. The second kappa shape index (κ2) is 8.96. The molecule has 174 valence electrons. The van der Waals surface area contributed by atoms with Crippen LogP contribution >= 0.6 is 11.3 Å². The van der Waals surface area contributed by atoms with Crippen LogP contribution in [0.3, 0.4) is 0 Å². The van der Waals surface area contributed by atoms with Crippen LogP contribution in [0.2, 0.25) is 0 Å². The highest BCUT2D eigenvalue weighted by molar-refractivity contribution is 7.92. The summed E-state index contributed by atoms with van der Waals surface area (Å²) < 4.78 is 41.8. The van der Waals surface area contributed by atoms with Crippen molar-refractivity contribution in [3.63, 3.8) is 0 Å². The topological polar surface area (TPSA) is 99.0 Å². The van der Waals surface area contributed by atoms with E-state index in [1.807, 2.05) is 23.6 Å². The van der Waals surface area contributed by atoms with Crippen LogP contribution in [0.4, 0.5) is 5.69 Å². The van der Waals surface area contributed by atoms with Crippen molar-refractivity contribution in [1.82, 2.24) is 4.57 Å². The lowest BCUT2D eigenvalue weighted by molar-refractivity contribution is 0.0998. The zero-order valence-electron chi connectivity index (χ0n) is 18.2. The molecule has 10 heteroatoms. The minimum atomic E-state index is -3.71. The quantitative estimate of drug-likeness (QED) is 0.451. The molecule has 0 spiro atoms. The molecule has 0 radical (unpaired) electrons. The smallest absolute Gasteiger partial charge is 0.279 e. The summed E-state index contributed by atoms with van der Waals surface area (Å²) in [6.07, 6.45) is 0. The van der Waals surface area contributed by atoms with Crippen LogP contribution in [0, 0.1) is 0 Å². The summed E-state index contributed by atoms with van der Waals surface area (Å²) in [6, 6.07) is 18.1. The van der Waals surface area contributed by atoms with Gasteiger partial charge in [0.2, 0.25) is 0 Å². The molecule has 0 bridgehead atoms. The number of aryl methyl sites for hydroxylation is 1. The molecule has 0 saturated carbocycles. The Kier molecular flexibility index (Phi) is 5.84. The first kappa shape index (κ1) is 22.2. The van der Waals surface area contributed by atoms with Gasteiger partial charge in [-0.2, -0.15) is 4.99 Å². The minimum Gasteiger partial charge on any atom is -0.486 e. The number of thiazole rings is 1. The second-order valence-corrected chi connectivity index (χ2v) is 10.2. The highest BCUT2D eigenvalue weighted by atomic mass is 32.2. The van der Waals surface area contributed by atoms with Crippen molar-refractivity contribution in [1.29, 1.82) is 0 Å². The Morgan fingerprint density at radius 2 is 1.71 bits per heavy atom. The lowest BCUT2D eigenvalue weighted by atomic mass is 10.2. The van der Waals surface area contributed by atoms with Gasteiger partial charge in [-0.25, -0.2) is 8.42 Å². The fraction of sp³-hybridized carbons (Fsp3) is 0.167. The molecular weight excluding hydrogens is 474 g/mol. The molecule has 5 rings (SSSR count). The van der Waals surface area contributed by atoms with Crippen molar-refractivity contribution in [2.75, 3.05) is 17.9 Å². The van der Waals surface area contributed by atoms with Gasteiger partial charge in [-0.05, 0) is 43.3 Å². The predicted molar refractivity (Wildman–Crippen MR) is 130 cm³/mol. The van der Waals surface area contributed by atoms with Crippen molar-refractivity contribution >= 4 is 43.2 Å². The molecule has 1 aliphatic heterocycles. The van der Waals surface area contributed by atoms with Crippen molar-refractivity contribution in [3.05, 3.63) is 77.1 Å². The number of anilines is 1. The normalized spacial score (nSPS) is 13.7. The molecule has 1 aromatic heterocycles. The predicted octanol–water partition coefficient (Wildman–Crippen LogP) is 4.04. The number of carbonyl (C=O) groups excluding carboxylic acids is 1. The number of hydrogen-bond donors (Lipinski definition) is 1. The third-order valence-corrected chi connectivity index (χ3v) is 7.74. The highest BCUT2D eigenvalue weighted by Crippen LogP contribution is 2.35. The average Bonchev–Trinajstić information content (AvgIpc) is 3.18. The Hall–Kier alpha value is -3.63. The molecule has 4 aromatic rings. The maximum absolute atomic E-state index is 12.9. The van der Waals surface area contributed by atoms with E-state index in [0.29, 0.717) is 47.3 Å². The van der Waals surface area contributed by atoms with Gasteiger partial charge in [0.25, 0.3) is 15.9 Å². The zero-order valence-corrected chi connectivity index (χ0v) is 19.9. The van der Waals surface area contributed by atoms with Gasteiger partial charge in [-0.15, -0.1) is 0 Å². The molecule has 8 nitrogen and oxygen atoms in total. The van der Waals surface area contributed by atoms with E-state index in [4.69, 9.17) is 9.47 Å².